The molecule has 12 heavy (non-hydrogen) atoms. The van der Waals surface area contributed by atoms with Gasteiger partial charge in [0.25, 0.3) is 0 Å². The molecule has 66 valence electrons. The Hall–Kier alpha value is -0.850. The molecule has 0 aromatic heterocycles. The Labute approximate surface area is 74.2 Å². The number of aldehydes is 1. The molecule has 1 aliphatic rings. The molecule has 0 N–H and O–H groups in total. The summed E-state index contributed by atoms with van der Waals surface area (Å²) in [5, 5.41) is 0. The molecule has 0 aliphatic heterocycles. The second-order valence-electron chi connectivity index (χ2n) is 3.36. The summed E-state index contributed by atoms with van der Waals surface area (Å²) in [5.41, 5.74) is 2.77. The maximum atomic E-state index is 10.7. The van der Waals surface area contributed by atoms with Gasteiger partial charge in [-0.2, -0.15) is 0 Å². The van der Waals surface area contributed by atoms with E-state index in [0.717, 1.165) is 25.5 Å². The summed E-state index contributed by atoms with van der Waals surface area (Å²) >= 11 is 0. The fourth-order valence-electron chi connectivity index (χ4n) is 1.74. The lowest BCUT2D eigenvalue weighted by atomic mass is 9.99. The standard InChI is InChI=1S/C11H16O/c1-3-4-5-11-9(2)6-7-10(11)8-12/h3-4,8,10H,5-7H2,1-2H3. The lowest BCUT2D eigenvalue weighted by molar-refractivity contribution is -0.110. The Morgan fingerprint density at radius 2 is 2.33 bits per heavy atom. The summed E-state index contributed by atoms with van der Waals surface area (Å²) in [5.74, 6) is 0.209. The van der Waals surface area contributed by atoms with Gasteiger partial charge < -0.3 is 4.79 Å². The number of carbonyl (C=O) groups excluding carboxylic acids is 1. The largest absolute Gasteiger partial charge is 0.303 e. The van der Waals surface area contributed by atoms with Crippen LogP contribution in [0.5, 0.6) is 0 Å². The Morgan fingerprint density at radius 3 is 2.92 bits per heavy atom. The minimum absolute atomic E-state index is 0.209. The van der Waals surface area contributed by atoms with E-state index in [0.29, 0.717) is 0 Å². The zero-order valence-electron chi connectivity index (χ0n) is 7.84. The minimum Gasteiger partial charge on any atom is -0.303 e. The monoisotopic (exact) mass is 164 g/mol. The van der Waals surface area contributed by atoms with Gasteiger partial charge in [0.2, 0.25) is 0 Å². The van der Waals surface area contributed by atoms with E-state index in [1.807, 2.05) is 13.0 Å². The van der Waals surface area contributed by atoms with E-state index in [-0.39, 0.29) is 5.92 Å². The molecule has 0 aromatic carbocycles. The van der Waals surface area contributed by atoms with Crippen molar-refractivity contribution >= 4 is 6.29 Å². The van der Waals surface area contributed by atoms with Crippen LogP contribution in [-0.2, 0) is 4.79 Å². The normalized spacial score (nSPS) is 24.0. The molecule has 1 unspecified atom stereocenters. The molecule has 0 radical (unpaired) electrons. The van der Waals surface area contributed by atoms with Crippen LogP contribution < -0.4 is 0 Å². The van der Waals surface area contributed by atoms with Crippen LogP contribution in [0.2, 0.25) is 0 Å². The van der Waals surface area contributed by atoms with Gasteiger partial charge in [-0.25, -0.2) is 0 Å². The average Bonchev–Trinajstić information content (AvgIpc) is 2.43. The number of hydrogen-bond donors (Lipinski definition) is 0. The smallest absolute Gasteiger partial charge is 0.127 e. The van der Waals surface area contributed by atoms with Gasteiger partial charge >= 0.3 is 0 Å². The maximum Gasteiger partial charge on any atom is 0.127 e. The van der Waals surface area contributed by atoms with Crippen LogP contribution in [0.4, 0.5) is 0 Å². The minimum atomic E-state index is 0.209. The summed E-state index contributed by atoms with van der Waals surface area (Å²) in [7, 11) is 0. The van der Waals surface area contributed by atoms with Gasteiger partial charge in [-0.1, -0.05) is 23.3 Å². The van der Waals surface area contributed by atoms with Gasteiger partial charge in [-0.05, 0) is 33.1 Å². The molecule has 0 spiro atoms. The summed E-state index contributed by atoms with van der Waals surface area (Å²) in [6, 6.07) is 0. The van der Waals surface area contributed by atoms with Crippen LogP contribution in [0.3, 0.4) is 0 Å². The van der Waals surface area contributed by atoms with Gasteiger partial charge in [0.15, 0.2) is 0 Å². The van der Waals surface area contributed by atoms with Gasteiger partial charge in [-0.15, -0.1) is 0 Å². The van der Waals surface area contributed by atoms with Crippen molar-refractivity contribution in [3.05, 3.63) is 23.3 Å². The van der Waals surface area contributed by atoms with Crippen molar-refractivity contribution in [2.24, 2.45) is 5.92 Å². The topological polar surface area (TPSA) is 17.1 Å². The van der Waals surface area contributed by atoms with Crippen LogP contribution in [0.25, 0.3) is 0 Å². The third-order valence-corrected chi connectivity index (χ3v) is 2.56. The molecule has 0 saturated heterocycles. The molecule has 0 fully saturated rings. The molecule has 0 aromatic rings. The maximum absolute atomic E-state index is 10.7. The van der Waals surface area contributed by atoms with Crippen molar-refractivity contribution in [2.75, 3.05) is 0 Å². The summed E-state index contributed by atoms with van der Waals surface area (Å²) in [4.78, 5) is 10.7. The number of carbonyl (C=O) groups is 1. The van der Waals surface area contributed by atoms with Crippen LogP contribution >= 0.6 is 0 Å². The molecule has 0 bridgehead atoms. The van der Waals surface area contributed by atoms with Crippen molar-refractivity contribution in [1.82, 2.24) is 0 Å². The average molecular weight is 164 g/mol. The van der Waals surface area contributed by atoms with Crippen LogP contribution in [-0.4, -0.2) is 6.29 Å². The van der Waals surface area contributed by atoms with Gasteiger partial charge in [0.1, 0.15) is 6.29 Å². The van der Waals surface area contributed by atoms with Crippen molar-refractivity contribution in [3.8, 4) is 0 Å². The molecule has 1 atom stereocenters. The second-order valence-corrected chi connectivity index (χ2v) is 3.36. The van der Waals surface area contributed by atoms with E-state index >= 15 is 0 Å². The highest BCUT2D eigenvalue weighted by Crippen LogP contribution is 2.32. The van der Waals surface area contributed by atoms with E-state index in [4.69, 9.17) is 0 Å². The number of rotatable bonds is 3. The SMILES string of the molecule is CC=CCC1=C(C)CCC1C=O. The third kappa shape index (κ3) is 1.84. The highest BCUT2D eigenvalue weighted by atomic mass is 16.1. The Kier molecular flexibility index (Phi) is 3.27. The molecule has 0 amide bonds. The van der Waals surface area contributed by atoms with Crippen LogP contribution in [0, 0.1) is 5.92 Å². The van der Waals surface area contributed by atoms with Crippen molar-refractivity contribution < 1.29 is 4.79 Å². The van der Waals surface area contributed by atoms with Crippen LogP contribution in [0.1, 0.15) is 33.1 Å². The molecular formula is C11H16O. The molecule has 0 saturated carbocycles. The van der Waals surface area contributed by atoms with Crippen molar-refractivity contribution in [1.29, 1.82) is 0 Å². The van der Waals surface area contributed by atoms with Gasteiger partial charge in [0, 0.05) is 5.92 Å². The predicted molar refractivity (Wildman–Crippen MR) is 50.9 cm³/mol. The lowest BCUT2D eigenvalue weighted by Gasteiger charge is -2.05. The van der Waals surface area contributed by atoms with E-state index in [9.17, 15) is 4.79 Å². The Morgan fingerprint density at radius 1 is 1.58 bits per heavy atom. The van der Waals surface area contributed by atoms with E-state index in [1.165, 1.54) is 11.1 Å². The fraction of sp³-hybridized carbons (Fsp3) is 0.545. The van der Waals surface area contributed by atoms with E-state index in [2.05, 4.69) is 13.0 Å². The zero-order valence-corrected chi connectivity index (χ0v) is 7.84. The zero-order chi connectivity index (χ0) is 8.97. The van der Waals surface area contributed by atoms with Crippen molar-refractivity contribution in [3.63, 3.8) is 0 Å². The van der Waals surface area contributed by atoms with Crippen LogP contribution in [0.15, 0.2) is 23.3 Å². The quantitative estimate of drug-likeness (QED) is 0.463. The summed E-state index contributed by atoms with van der Waals surface area (Å²) < 4.78 is 0. The highest BCUT2D eigenvalue weighted by molar-refractivity contribution is 5.61. The first-order valence-corrected chi connectivity index (χ1v) is 4.54. The Balaban J connectivity index is 2.68. The molecular weight excluding hydrogens is 148 g/mol. The molecule has 1 heteroatoms. The van der Waals surface area contributed by atoms with E-state index in [1.54, 1.807) is 0 Å². The van der Waals surface area contributed by atoms with Gasteiger partial charge in [0.05, 0.1) is 0 Å². The summed E-state index contributed by atoms with van der Waals surface area (Å²) in [6.45, 7) is 4.16. The third-order valence-electron chi connectivity index (χ3n) is 2.56. The highest BCUT2D eigenvalue weighted by Gasteiger charge is 2.20. The lowest BCUT2D eigenvalue weighted by Crippen LogP contribution is -1.99. The first kappa shape index (κ1) is 9.24. The van der Waals surface area contributed by atoms with Gasteiger partial charge in [-0.3, -0.25) is 0 Å². The van der Waals surface area contributed by atoms with E-state index < -0.39 is 0 Å². The predicted octanol–water partition coefficient (Wildman–Crippen LogP) is 2.88. The first-order chi connectivity index (χ1) is 5.79. The molecule has 1 rings (SSSR count). The fourth-order valence-corrected chi connectivity index (χ4v) is 1.74. The second kappa shape index (κ2) is 4.24. The van der Waals surface area contributed by atoms with Crippen molar-refractivity contribution in [2.45, 2.75) is 33.1 Å². The number of allylic oxidation sites excluding steroid dienone is 4. The Bertz CT molecular complexity index is 223. The number of hydrogen-bond acceptors (Lipinski definition) is 1. The molecule has 0 heterocycles. The molecule has 1 nitrogen and oxygen atoms in total. The summed E-state index contributed by atoms with van der Waals surface area (Å²) in [6.07, 6.45) is 8.36. The molecule has 1 aliphatic carbocycles. The first-order valence-electron chi connectivity index (χ1n) is 4.54.